The van der Waals surface area contributed by atoms with Crippen molar-refractivity contribution >= 4 is 39.9 Å². The quantitative estimate of drug-likeness (QED) is 0.685. The van der Waals surface area contributed by atoms with Crippen molar-refractivity contribution in [2.24, 2.45) is 7.05 Å². The number of imidazole rings is 1. The maximum absolute atomic E-state index is 6.22. The molecule has 0 amide bonds. The lowest BCUT2D eigenvalue weighted by Gasteiger charge is -2.07. The number of hydrogen-bond acceptors (Lipinski definition) is 2. The van der Waals surface area contributed by atoms with E-state index < -0.39 is 0 Å². The van der Waals surface area contributed by atoms with Gasteiger partial charge in [-0.05, 0) is 24.3 Å². The van der Waals surface area contributed by atoms with Gasteiger partial charge in [-0.25, -0.2) is 4.98 Å². The van der Waals surface area contributed by atoms with Gasteiger partial charge >= 0.3 is 0 Å². The lowest BCUT2D eigenvalue weighted by Crippen LogP contribution is -1.97. The molecule has 0 atom stereocenters. The molecular weight excluding hydrogens is 281 g/mol. The van der Waals surface area contributed by atoms with Crippen molar-refractivity contribution in [3.63, 3.8) is 0 Å². The summed E-state index contributed by atoms with van der Waals surface area (Å²) in [6.45, 7) is 0. The number of nitrogens with zero attached hydrogens (tertiary/aromatic N) is 2. The number of hydrogen-bond donors (Lipinski definition) is 1. The second-order valence-corrected chi connectivity index (χ2v) is 5.12. The van der Waals surface area contributed by atoms with Gasteiger partial charge in [-0.1, -0.05) is 35.3 Å². The van der Waals surface area contributed by atoms with Gasteiger partial charge in [-0.2, -0.15) is 0 Å². The van der Waals surface area contributed by atoms with Crippen LogP contribution in [-0.2, 0) is 7.05 Å². The van der Waals surface area contributed by atoms with Crippen LogP contribution in [0.5, 0.6) is 0 Å². The maximum atomic E-state index is 6.22. The monoisotopic (exact) mass is 291 g/mol. The fourth-order valence-electron chi connectivity index (χ4n) is 2.19. The summed E-state index contributed by atoms with van der Waals surface area (Å²) in [6.07, 6.45) is 0. The van der Waals surface area contributed by atoms with Gasteiger partial charge < -0.3 is 10.3 Å². The first-order valence-corrected chi connectivity index (χ1v) is 6.50. The van der Waals surface area contributed by atoms with E-state index in [9.17, 15) is 0 Å². The molecule has 3 aromatic rings. The van der Waals surface area contributed by atoms with Gasteiger partial charge in [0.05, 0.1) is 26.8 Å². The average molecular weight is 292 g/mol. The van der Waals surface area contributed by atoms with Gasteiger partial charge in [0.1, 0.15) is 5.82 Å². The smallest absolute Gasteiger partial charge is 0.143 e. The van der Waals surface area contributed by atoms with Crippen LogP contribution in [0.4, 0.5) is 5.69 Å². The fourth-order valence-corrected chi connectivity index (χ4v) is 2.66. The molecule has 0 aliphatic carbocycles. The molecule has 2 N–H and O–H groups in total. The van der Waals surface area contributed by atoms with Crippen molar-refractivity contribution in [2.45, 2.75) is 0 Å². The molecule has 3 nitrogen and oxygen atoms in total. The third-order valence-corrected chi connectivity index (χ3v) is 3.77. The Bertz CT molecular complexity index is 778. The summed E-state index contributed by atoms with van der Waals surface area (Å²) in [7, 11) is 1.91. The van der Waals surface area contributed by atoms with E-state index in [4.69, 9.17) is 28.9 Å². The van der Waals surface area contributed by atoms with Crippen molar-refractivity contribution in [3.8, 4) is 11.4 Å². The molecule has 0 unspecified atom stereocenters. The lowest BCUT2D eigenvalue weighted by atomic mass is 10.1. The number of rotatable bonds is 1. The van der Waals surface area contributed by atoms with E-state index in [0.717, 1.165) is 22.4 Å². The van der Waals surface area contributed by atoms with Crippen LogP contribution in [0.15, 0.2) is 36.4 Å². The fraction of sp³-hybridized carbons (Fsp3) is 0.0714. The van der Waals surface area contributed by atoms with E-state index in [1.807, 2.05) is 41.9 Å². The van der Waals surface area contributed by atoms with Crippen LogP contribution in [0.3, 0.4) is 0 Å². The van der Waals surface area contributed by atoms with Crippen LogP contribution in [0, 0.1) is 0 Å². The van der Waals surface area contributed by atoms with Gasteiger partial charge in [0.15, 0.2) is 0 Å². The second-order valence-electron chi connectivity index (χ2n) is 4.30. The Hall–Kier alpha value is -1.71. The van der Waals surface area contributed by atoms with Crippen molar-refractivity contribution in [3.05, 3.63) is 46.4 Å². The number of fused-ring (bicyclic) bond motifs is 1. The third kappa shape index (κ3) is 1.86. The second kappa shape index (κ2) is 4.44. The van der Waals surface area contributed by atoms with E-state index in [2.05, 4.69) is 4.98 Å². The van der Waals surface area contributed by atoms with E-state index in [-0.39, 0.29) is 0 Å². The highest BCUT2D eigenvalue weighted by atomic mass is 35.5. The van der Waals surface area contributed by atoms with Crippen LogP contribution in [-0.4, -0.2) is 9.55 Å². The Morgan fingerprint density at radius 1 is 1.05 bits per heavy atom. The molecule has 19 heavy (non-hydrogen) atoms. The van der Waals surface area contributed by atoms with E-state index in [1.54, 1.807) is 6.07 Å². The predicted molar refractivity (Wildman–Crippen MR) is 80.6 cm³/mol. The van der Waals surface area contributed by atoms with Crippen molar-refractivity contribution < 1.29 is 0 Å². The normalized spacial score (nSPS) is 11.1. The summed E-state index contributed by atoms with van der Waals surface area (Å²) in [4.78, 5) is 4.59. The highest BCUT2D eigenvalue weighted by Gasteiger charge is 2.15. The van der Waals surface area contributed by atoms with Crippen LogP contribution in [0.2, 0.25) is 10.0 Å². The Balaban J connectivity index is 2.35. The maximum Gasteiger partial charge on any atom is 0.143 e. The zero-order valence-corrected chi connectivity index (χ0v) is 11.7. The van der Waals surface area contributed by atoms with Gasteiger partial charge in [0.25, 0.3) is 0 Å². The highest BCUT2D eigenvalue weighted by molar-refractivity contribution is 6.35. The van der Waals surface area contributed by atoms with Crippen LogP contribution in [0.1, 0.15) is 0 Å². The Morgan fingerprint density at radius 2 is 1.74 bits per heavy atom. The van der Waals surface area contributed by atoms with E-state index >= 15 is 0 Å². The SMILES string of the molecule is Cn1c(-c2cccc(Cl)c2N)nc2cccc(Cl)c21. The first-order valence-electron chi connectivity index (χ1n) is 5.75. The van der Waals surface area contributed by atoms with E-state index in [0.29, 0.717) is 15.7 Å². The summed E-state index contributed by atoms with van der Waals surface area (Å²) in [5, 5.41) is 1.19. The number of nitrogens with two attached hydrogens (primary N) is 1. The third-order valence-electron chi connectivity index (χ3n) is 3.14. The van der Waals surface area contributed by atoms with Crippen LogP contribution in [0.25, 0.3) is 22.4 Å². The first kappa shape index (κ1) is 12.3. The summed E-state index contributed by atoms with van der Waals surface area (Å²) in [5.74, 6) is 0.753. The molecule has 3 rings (SSSR count). The molecule has 0 saturated carbocycles. The minimum absolute atomic E-state index is 0.524. The van der Waals surface area contributed by atoms with Gasteiger partial charge in [-0.3, -0.25) is 0 Å². The molecule has 1 aromatic heterocycles. The molecule has 0 saturated heterocycles. The van der Waals surface area contributed by atoms with Crippen molar-refractivity contribution in [1.82, 2.24) is 9.55 Å². The number of aryl methyl sites for hydroxylation is 1. The lowest BCUT2D eigenvalue weighted by molar-refractivity contribution is 0.960. The molecule has 0 aliphatic heterocycles. The van der Waals surface area contributed by atoms with Crippen LogP contribution >= 0.6 is 23.2 Å². The summed E-state index contributed by atoms with van der Waals surface area (Å²) < 4.78 is 1.93. The summed E-state index contributed by atoms with van der Waals surface area (Å²) in [5.41, 5.74) is 9.08. The molecule has 0 aliphatic rings. The van der Waals surface area contributed by atoms with Gasteiger partial charge in [0, 0.05) is 12.6 Å². The predicted octanol–water partition coefficient (Wildman–Crippen LogP) is 4.13. The van der Waals surface area contributed by atoms with Gasteiger partial charge in [0.2, 0.25) is 0 Å². The average Bonchev–Trinajstić information content (AvgIpc) is 2.72. The molecule has 0 radical (unpaired) electrons. The molecule has 96 valence electrons. The molecule has 0 bridgehead atoms. The highest BCUT2D eigenvalue weighted by Crippen LogP contribution is 2.34. The number of para-hydroxylation sites is 2. The summed E-state index contributed by atoms with van der Waals surface area (Å²) >= 11 is 12.3. The minimum Gasteiger partial charge on any atom is -0.397 e. The number of benzene rings is 2. The molecule has 0 fully saturated rings. The number of aromatic nitrogens is 2. The molecule has 1 heterocycles. The zero-order chi connectivity index (χ0) is 13.6. The van der Waals surface area contributed by atoms with Crippen molar-refractivity contribution in [2.75, 3.05) is 5.73 Å². The number of anilines is 1. The Kier molecular flexibility index (Phi) is 2.88. The molecule has 0 spiro atoms. The largest absolute Gasteiger partial charge is 0.397 e. The topological polar surface area (TPSA) is 43.8 Å². The van der Waals surface area contributed by atoms with Gasteiger partial charge in [-0.15, -0.1) is 0 Å². The summed E-state index contributed by atoms with van der Waals surface area (Å²) in [6, 6.07) is 11.2. The first-order chi connectivity index (χ1) is 9.09. The Labute approximate surface area is 120 Å². The van der Waals surface area contributed by atoms with Crippen LogP contribution < -0.4 is 5.73 Å². The minimum atomic E-state index is 0.524. The number of halogens is 2. The molecule has 2 aromatic carbocycles. The molecular formula is C14H11Cl2N3. The van der Waals surface area contributed by atoms with Crippen molar-refractivity contribution in [1.29, 1.82) is 0 Å². The number of nitrogen functional groups attached to an aromatic ring is 1. The Morgan fingerprint density at radius 3 is 2.47 bits per heavy atom. The van der Waals surface area contributed by atoms with E-state index in [1.165, 1.54) is 0 Å². The standard InChI is InChI=1S/C14H11Cl2N3/c1-19-13-10(16)6-3-7-11(13)18-14(19)8-4-2-5-9(15)12(8)17/h2-7H,17H2,1H3. The zero-order valence-electron chi connectivity index (χ0n) is 10.2. The molecule has 5 heteroatoms.